The first-order chi connectivity index (χ1) is 17.2. The first-order valence-electron chi connectivity index (χ1n) is 11.3. The van der Waals surface area contributed by atoms with Crippen molar-refractivity contribution < 1.29 is 18.6 Å². The van der Waals surface area contributed by atoms with Gasteiger partial charge >= 0.3 is 0 Å². The van der Waals surface area contributed by atoms with Crippen LogP contribution in [0.15, 0.2) is 53.9 Å². The molecular weight excluding hydrogens is 467 g/mol. The van der Waals surface area contributed by atoms with Crippen LogP contribution in [0.2, 0.25) is 0 Å². The molecule has 7 nitrogen and oxygen atoms in total. The topological polar surface area (TPSA) is 89.3 Å². The Bertz CT molecular complexity index is 1300. The van der Waals surface area contributed by atoms with Crippen LogP contribution in [0.1, 0.15) is 18.9 Å². The van der Waals surface area contributed by atoms with Crippen LogP contribution in [-0.4, -0.2) is 42.9 Å². The molecule has 180 valence electrons. The van der Waals surface area contributed by atoms with Gasteiger partial charge in [0, 0.05) is 25.3 Å². The summed E-state index contributed by atoms with van der Waals surface area (Å²) in [6, 6.07) is 15.3. The van der Waals surface area contributed by atoms with Gasteiger partial charge in [-0.3, -0.25) is 0 Å². The van der Waals surface area contributed by atoms with Gasteiger partial charge in [0.2, 0.25) is 5.88 Å². The predicted octanol–water partition coefficient (Wildman–Crippen LogP) is 5.56. The van der Waals surface area contributed by atoms with Gasteiger partial charge in [0.05, 0.1) is 23.8 Å². The molecule has 0 radical (unpaired) electrons. The third-order valence-corrected chi connectivity index (χ3v) is 5.86. The average Bonchev–Trinajstić information content (AvgIpc) is 3.36. The number of halogens is 1. The molecule has 2 heterocycles. The van der Waals surface area contributed by atoms with Crippen LogP contribution in [0.5, 0.6) is 17.4 Å². The van der Waals surface area contributed by atoms with Crippen LogP contribution >= 0.6 is 11.3 Å². The Morgan fingerprint density at radius 1 is 1.03 bits per heavy atom. The Balaban J connectivity index is 1.42. The minimum Gasteiger partial charge on any atom is -0.492 e. The van der Waals surface area contributed by atoms with Crippen LogP contribution < -0.4 is 14.8 Å². The molecule has 2 aromatic carbocycles. The molecule has 9 heteroatoms. The molecular formula is C26H25FN4O3S. The van der Waals surface area contributed by atoms with E-state index in [1.54, 1.807) is 0 Å². The van der Waals surface area contributed by atoms with E-state index in [-0.39, 0.29) is 17.2 Å². The molecule has 0 aliphatic heterocycles. The van der Waals surface area contributed by atoms with Crippen LogP contribution in [0.25, 0.3) is 21.6 Å². The van der Waals surface area contributed by atoms with Gasteiger partial charge in [-0.25, -0.2) is 9.37 Å². The first kappa shape index (κ1) is 24.5. The molecule has 1 N–H and O–H groups in total. The van der Waals surface area contributed by atoms with Crippen molar-refractivity contribution in [3.05, 3.63) is 65.3 Å². The molecule has 0 spiro atoms. The second kappa shape index (κ2) is 12.2. The zero-order valence-corrected chi connectivity index (χ0v) is 20.1. The summed E-state index contributed by atoms with van der Waals surface area (Å²) in [6.45, 7) is 5.63. The summed E-state index contributed by atoms with van der Waals surface area (Å²) < 4.78 is 32.1. The molecule has 0 saturated heterocycles. The molecule has 0 fully saturated rings. The number of nitrogens with one attached hydrogen (secondary N) is 1. The van der Waals surface area contributed by atoms with Gasteiger partial charge in [-0.05, 0) is 60.3 Å². The zero-order valence-electron chi connectivity index (χ0n) is 19.3. The first-order valence-corrected chi connectivity index (χ1v) is 12.2. The van der Waals surface area contributed by atoms with E-state index in [1.807, 2.05) is 41.8 Å². The fourth-order valence-electron chi connectivity index (χ4n) is 3.25. The van der Waals surface area contributed by atoms with Gasteiger partial charge in [-0.1, -0.05) is 6.92 Å². The van der Waals surface area contributed by atoms with Gasteiger partial charge < -0.3 is 19.5 Å². The van der Waals surface area contributed by atoms with E-state index in [4.69, 9.17) is 19.5 Å². The number of nitriles is 1. The van der Waals surface area contributed by atoms with E-state index in [0.29, 0.717) is 29.3 Å². The minimum absolute atomic E-state index is 0.00219. The Morgan fingerprint density at radius 2 is 1.86 bits per heavy atom. The highest BCUT2D eigenvalue weighted by atomic mass is 32.1. The van der Waals surface area contributed by atoms with Gasteiger partial charge in [-0.2, -0.15) is 10.2 Å². The van der Waals surface area contributed by atoms with Gasteiger partial charge in [0.15, 0.2) is 17.4 Å². The fourth-order valence-corrected chi connectivity index (χ4v) is 4.00. The second-order valence-electron chi connectivity index (χ2n) is 7.58. The summed E-state index contributed by atoms with van der Waals surface area (Å²) in [5.41, 5.74) is 1.71. The number of hydrogen-bond acceptors (Lipinski definition) is 8. The van der Waals surface area contributed by atoms with Crippen molar-refractivity contribution in [3.8, 4) is 34.8 Å². The molecule has 4 aromatic rings. The number of hydrogen-bond donors (Lipinski definition) is 1. The molecule has 0 aliphatic carbocycles. The van der Waals surface area contributed by atoms with Crippen LogP contribution in [0.3, 0.4) is 0 Å². The molecule has 0 amide bonds. The number of thiophene rings is 1. The van der Waals surface area contributed by atoms with Gasteiger partial charge in [-0.15, -0.1) is 11.3 Å². The van der Waals surface area contributed by atoms with Crippen molar-refractivity contribution in [2.24, 2.45) is 0 Å². The fraction of sp³-hybridized carbons (Fsp3) is 0.269. The number of fused-ring (bicyclic) bond motifs is 1. The lowest BCUT2D eigenvalue weighted by atomic mass is 10.2. The monoisotopic (exact) mass is 492 g/mol. The summed E-state index contributed by atoms with van der Waals surface area (Å²) in [4.78, 5) is 9.18. The maximum Gasteiger partial charge on any atom is 0.241 e. The predicted molar refractivity (Wildman–Crippen MR) is 134 cm³/mol. The molecule has 0 aliphatic rings. The average molecular weight is 493 g/mol. The Hall–Kier alpha value is -3.58. The van der Waals surface area contributed by atoms with Crippen LogP contribution in [0.4, 0.5) is 4.39 Å². The van der Waals surface area contributed by atoms with E-state index in [9.17, 15) is 4.39 Å². The highest BCUT2D eigenvalue weighted by molar-refractivity contribution is 7.17. The molecule has 0 bridgehead atoms. The van der Waals surface area contributed by atoms with Crippen LogP contribution in [0, 0.1) is 17.1 Å². The van der Waals surface area contributed by atoms with Crippen LogP contribution in [-0.2, 0) is 4.74 Å². The van der Waals surface area contributed by atoms with E-state index in [1.165, 1.54) is 23.5 Å². The molecule has 0 unspecified atom stereocenters. The summed E-state index contributed by atoms with van der Waals surface area (Å²) in [5, 5.41) is 14.1. The number of nitrogens with zero attached hydrogens (tertiary/aromatic N) is 3. The van der Waals surface area contributed by atoms with Gasteiger partial charge in [0.25, 0.3) is 0 Å². The Kier molecular flexibility index (Phi) is 8.57. The van der Waals surface area contributed by atoms with Crippen molar-refractivity contribution in [2.45, 2.75) is 13.3 Å². The SMILES string of the molecule is CCCOCCNCCOc1ccc(-c2nc(Oc3ccc(C#N)cc3F)c3sccc3n2)cc1. The van der Waals surface area contributed by atoms with Crippen molar-refractivity contribution in [2.75, 3.05) is 32.9 Å². The molecule has 4 rings (SSSR count). The lowest BCUT2D eigenvalue weighted by molar-refractivity contribution is 0.135. The lowest BCUT2D eigenvalue weighted by Gasteiger charge is -2.10. The molecule has 35 heavy (non-hydrogen) atoms. The number of benzene rings is 2. The zero-order chi connectivity index (χ0) is 24.5. The number of aromatic nitrogens is 2. The molecule has 0 atom stereocenters. The van der Waals surface area contributed by atoms with E-state index in [0.717, 1.165) is 43.5 Å². The van der Waals surface area contributed by atoms with Crippen molar-refractivity contribution in [1.29, 1.82) is 5.26 Å². The Morgan fingerprint density at radius 3 is 2.63 bits per heavy atom. The lowest BCUT2D eigenvalue weighted by Crippen LogP contribution is -2.25. The quantitative estimate of drug-likeness (QED) is 0.259. The summed E-state index contributed by atoms with van der Waals surface area (Å²) in [7, 11) is 0. The largest absolute Gasteiger partial charge is 0.492 e. The molecule has 2 aromatic heterocycles. The maximum absolute atomic E-state index is 14.4. The molecule has 0 saturated carbocycles. The number of rotatable bonds is 12. The highest BCUT2D eigenvalue weighted by Gasteiger charge is 2.15. The van der Waals surface area contributed by atoms with Crippen molar-refractivity contribution in [1.82, 2.24) is 15.3 Å². The van der Waals surface area contributed by atoms with E-state index >= 15 is 0 Å². The van der Waals surface area contributed by atoms with Crippen molar-refractivity contribution >= 4 is 21.6 Å². The Labute approximate surface area is 207 Å². The second-order valence-corrected chi connectivity index (χ2v) is 8.50. The summed E-state index contributed by atoms with van der Waals surface area (Å²) in [5.74, 6) is 0.833. The standard InChI is InChI=1S/C26H25FN4O3S/c1-2-12-32-13-10-29-11-14-33-20-6-4-19(5-7-20)25-30-22-9-15-35-24(22)26(31-25)34-23-8-3-18(17-28)16-21(23)27/h3-9,15-16,29H,2,10-14H2,1H3. The third-order valence-electron chi connectivity index (χ3n) is 4.97. The van der Waals surface area contributed by atoms with E-state index < -0.39 is 5.82 Å². The van der Waals surface area contributed by atoms with E-state index in [2.05, 4.69) is 22.2 Å². The highest BCUT2D eigenvalue weighted by Crippen LogP contribution is 2.34. The smallest absolute Gasteiger partial charge is 0.241 e. The normalized spacial score (nSPS) is 10.9. The summed E-state index contributed by atoms with van der Waals surface area (Å²) in [6.07, 6.45) is 1.02. The van der Waals surface area contributed by atoms with Gasteiger partial charge in [0.1, 0.15) is 17.1 Å². The van der Waals surface area contributed by atoms with Crippen molar-refractivity contribution in [3.63, 3.8) is 0 Å². The minimum atomic E-state index is -0.626. The summed E-state index contributed by atoms with van der Waals surface area (Å²) >= 11 is 1.41. The number of ether oxygens (including phenoxy) is 3. The maximum atomic E-state index is 14.4. The third kappa shape index (κ3) is 6.51.